The molecule has 2 unspecified atom stereocenters. The lowest BCUT2D eigenvalue weighted by atomic mass is 9.93. The van der Waals surface area contributed by atoms with Crippen LogP contribution in [-0.4, -0.2) is 40.5 Å². The van der Waals surface area contributed by atoms with Crippen molar-refractivity contribution in [3.05, 3.63) is 16.1 Å². The monoisotopic (exact) mass is 346 g/mol. The molecule has 0 spiro atoms. The Morgan fingerprint density at radius 1 is 1.53 bits per heavy atom. The standard InChI is InChI=1S/C14H23BrN2OS/c1-10-8-18-11(5-15)6-17(10)7-13-16-12(9-19-13)14(2,3)4/h9-11H,5-8H2,1-4H3. The van der Waals surface area contributed by atoms with Crippen LogP contribution in [0.2, 0.25) is 0 Å². The SMILES string of the molecule is CC1COC(CBr)CN1Cc1nc(C(C)(C)C)cs1. The Bertz CT molecular complexity index is 416. The second kappa shape index (κ2) is 6.20. The van der Waals surface area contributed by atoms with E-state index >= 15 is 0 Å². The molecule has 3 nitrogen and oxygen atoms in total. The molecule has 1 aromatic rings. The minimum absolute atomic E-state index is 0.143. The molecule has 108 valence electrons. The number of morpholine rings is 1. The molecule has 1 aliphatic heterocycles. The second-order valence-corrected chi connectivity index (χ2v) is 7.85. The number of hydrogen-bond acceptors (Lipinski definition) is 4. The van der Waals surface area contributed by atoms with Crippen LogP contribution >= 0.6 is 27.3 Å². The third-order valence-corrected chi connectivity index (χ3v) is 5.02. The molecule has 1 aromatic heterocycles. The lowest BCUT2D eigenvalue weighted by Crippen LogP contribution is -2.48. The van der Waals surface area contributed by atoms with Gasteiger partial charge >= 0.3 is 0 Å². The van der Waals surface area contributed by atoms with E-state index in [9.17, 15) is 0 Å². The Hall–Kier alpha value is 0.0300. The lowest BCUT2D eigenvalue weighted by Gasteiger charge is -2.36. The highest BCUT2D eigenvalue weighted by Gasteiger charge is 2.26. The van der Waals surface area contributed by atoms with Gasteiger partial charge in [0, 0.05) is 28.7 Å². The van der Waals surface area contributed by atoms with Gasteiger partial charge in [-0.2, -0.15) is 0 Å². The quantitative estimate of drug-likeness (QED) is 0.784. The van der Waals surface area contributed by atoms with Gasteiger partial charge in [0.2, 0.25) is 0 Å². The first-order valence-electron chi connectivity index (χ1n) is 6.76. The van der Waals surface area contributed by atoms with Crippen LogP contribution in [0.4, 0.5) is 0 Å². The molecule has 0 bridgehead atoms. The van der Waals surface area contributed by atoms with Gasteiger partial charge in [-0.3, -0.25) is 4.90 Å². The van der Waals surface area contributed by atoms with Crippen molar-refractivity contribution in [2.24, 2.45) is 0 Å². The third kappa shape index (κ3) is 4.00. The number of halogens is 1. The maximum Gasteiger partial charge on any atom is 0.107 e. The molecular weight excluding hydrogens is 324 g/mol. The van der Waals surface area contributed by atoms with Gasteiger partial charge in [-0.05, 0) is 6.92 Å². The second-order valence-electron chi connectivity index (χ2n) is 6.26. The first kappa shape index (κ1) is 15.4. The van der Waals surface area contributed by atoms with E-state index in [0.717, 1.165) is 25.0 Å². The van der Waals surface area contributed by atoms with Gasteiger partial charge in [-0.1, -0.05) is 36.7 Å². The molecule has 0 radical (unpaired) electrons. The van der Waals surface area contributed by atoms with Gasteiger partial charge in [0.1, 0.15) is 5.01 Å². The van der Waals surface area contributed by atoms with Crippen LogP contribution < -0.4 is 0 Å². The zero-order valence-corrected chi connectivity index (χ0v) is 14.6. The Kier molecular flexibility index (Phi) is 5.04. The van der Waals surface area contributed by atoms with Crippen molar-refractivity contribution in [2.75, 3.05) is 18.5 Å². The van der Waals surface area contributed by atoms with E-state index in [4.69, 9.17) is 9.72 Å². The fourth-order valence-electron chi connectivity index (χ4n) is 2.09. The molecule has 1 saturated heterocycles. The van der Waals surface area contributed by atoms with E-state index in [2.05, 4.69) is 53.9 Å². The molecule has 2 heterocycles. The molecular formula is C14H23BrN2OS. The maximum atomic E-state index is 5.76. The first-order valence-corrected chi connectivity index (χ1v) is 8.76. The Balaban J connectivity index is 2.01. The van der Waals surface area contributed by atoms with E-state index in [1.165, 1.54) is 10.7 Å². The Morgan fingerprint density at radius 2 is 2.26 bits per heavy atom. The smallest absolute Gasteiger partial charge is 0.107 e. The first-order chi connectivity index (χ1) is 8.90. The lowest BCUT2D eigenvalue weighted by molar-refractivity contribution is -0.0500. The van der Waals surface area contributed by atoms with Gasteiger partial charge in [0.25, 0.3) is 0 Å². The van der Waals surface area contributed by atoms with E-state index < -0.39 is 0 Å². The van der Waals surface area contributed by atoms with Crippen LogP contribution in [0.3, 0.4) is 0 Å². The molecule has 1 fully saturated rings. The van der Waals surface area contributed by atoms with E-state index in [-0.39, 0.29) is 5.41 Å². The van der Waals surface area contributed by atoms with E-state index in [1.807, 2.05) is 0 Å². The maximum absolute atomic E-state index is 5.76. The van der Waals surface area contributed by atoms with Crippen LogP contribution in [0, 0.1) is 0 Å². The highest BCUT2D eigenvalue weighted by Crippen LogP contribution is 2.25. The van der Waals surface area contributed by atoms with Crippen molar-refractivity contribution in [1.82, 2.24) is 9.88 Å². The molecule has 0 aliphatic carbocycles. The highest BCUT2D eigenvalue weighted by molar-refractivity contribution is 9.09. The van der Waals surface area contributed by atoms with Crippen LogP contribution in [0.5, 0.6) is 0 Å². The molecule has 19 heavy (non-hydrogen) atoms. The molecule has 0 N–H and O–H groups in total. The predicted octanol–water partition coefficient (Wildman–Crippen LogP) is 3.42. The Morgan fingerprint density at radius 3 is 2.84 bits per heavy atom. The number of aromatic nitrogens is 1. The summed E-state index contributed by atoms with van der Waals surface area (Å²) in [7, 11) is 0. The van der Waals surface area contributed by atoms with Gasteiger partial charge < -0.3 is 4.74 Å². The number of hydrogen-bond donors (Lipinski definition) is 0. The fourth-order valence-corrected chi connectivity index (χ4v) is 3.53. The average Bonchev–Trinajstić information content (AvgIpc) is 2.80. The molecule has 1 aliphatic rings. The van der Waals surface area contributed by atoms with Gasteiger partial charge in [-0.25, -0.2) is 4.98 Å². The Labute approximate surface area is 128 Å². The van der Waals surface area contributed by atoms with E-state index in [1.54, 1.807) is 11.3 Å². The van der Waals surface area contributed by atoms with Gasteiger partial charge in [0.15, 0.2) is 0 Å². The number of rotatable bonds is 3. The zero-order valence-electron chi connectivity index (χ0n) is 12.1. The van der Waals surface area contributed by atoms with E-state index in [0.29, 0.717) is 12.1 Å². The average molecular weight is 347 g/mol. The zero-order chi connectivity index (χ0) is 14.0. The molecule has 0 aromatic carbocycles. The summed E-state index contributed by atoms with van der Waals surface area (Å²) in [5, 5.41) is 4.32. The van der Waals surface area contributed by atoms with Crippen molar-refractivity contribution >= 4 is 27.3 Å². The summed E-state index contributed by atoms with van der Waals surface area (Å²) in [6.45, 7) is 11.6. The number of thiazole rings is 1. The van der Waals surface area contributed by atoms with Crippen LogP contribution in [0.15, 0.2) is 5.38 Å². The molecule has 2 atom stereocenters. The summed E-state index contributed by atoms with van der Waals surface area (Å²) in [5.74, 6) is 0. The summed E-state index contributed by atoms with van der Waals surface area (Å²) in [4.78, 5) is 7.26. The molecule has 0 amide bonds. The summed E-state index contributed by atoms with van der Waals surface area (Å²) in [5.41, 5.74) is 1.34. The number of alkyl halides is 1. The number of nitrogens with zero attached hydrogens (tertiary/aromatic N) is 2. The summed E-state index contributed by atoms with van der Waals surface area (Å²) in [6, 6.07) is 0.470. The fraction of sp³-hybridized carbons (Fsp3) is 0.786. The van der Waals surface area contributed by atoms with Crippen molar-refractivity contribution in [2.45, 2.75) is 51.8 Å². The highest BCUT2D eigenvalue weighted by atomic mass is 79.9. The summed E-state index contributed by atoms with van der Waals surface area (Å²) >= 11 is 5.28. The van der Waals surface area contributed by atoms with Gasteiger partial charge in [0.05, 0.1) is 24.9 Å². The van der Waals surface area contributed by atoms with Crippen LogP contribution in [0.25, 0.3) is 0 Å². The van der Waals surface area contributed by atoms with Crippen molar-refractivity contribution in [3.63, 3.8) is 0 Å². The normalized spacial score (nSPS) is 25.7. The van der Waals surface area contributed by atoms with Crippen molar-refractivity contribution in [3.8, 4) is 0 Å². The number of ether oxygens (including phenoxy) is 1. The third-order valence-electron chi connectivity index (χ3n) is 3.47. The minimum Gasteiger partial charge on any atom is -0.374 e. The van der Waals surface area contributed by atoms with Crippen LogP contribution in [0.1, 0.15) is 38.4 Å². The van der Waals surface area contributed by atoms with Crippen molar-refractivity contribution < 1.29 is 4.74 Å². The molecule has 0 saturated carbocycles. The van der Waals surface area contributed by atoms with Gasteiger partial charge in [-0.15, -0.1) is 11.3 Å². The largest absolute Gasteiger partial charge is 0.374 e. The molecule has 5 heteroatoms. The van der Waals surface area contributed by atoms with Crippen LogP contribution in [-0.2, 0) is 16.7 Å². The molecule has 2 rings (SSSR count). The topological polar surface area (TPSA) is 25.4 Å². The van der Waals surface area contributed by atoms with Crippen molar-refractivity contribution in [1.29, 1.82) is 0 Å². The minimum atomic E-state index is 0.143. The summed E-state index contributed by atoms with van der Waals surface area (Å²) < 4.78 is 5.76. The predicted molar refractivity (Wildman–Crippen MR) is 84.2 cm³/mol. The summed E-state index contributed by atoms with van der Waals surface area (Å²) in [6.07, 6.45) is 0.304.